The molecule has 17 heavy (non-hydrogen) atoms. The first-order valence-corrected chi connectivity index (χ1v) is 4.99. The van der Waals surface area contributed by atoms with Crippen LogP contribution >= 0.6 is 0 Å². The summed E-state index contributed by atoms with van der Waals surface area (Å²) in [6.07, 6.45) is 0.0533. The van der Waals surface area contributed by atoms with E-state index in [0.29, 0.717) is 0 Å². The van der Waals surface area contributed by atoms with Crippen LogP contribution in [0, 0.1) is 5.41 Å². The molecule has 1 aliphatic rings. The lowest BCUT2D eigenvalue weighted by Gasteiger charge is -2.22. The third-order valence-electron chi connectivity index (χ3n) is 2.21. The van der Waals surface area contributed by atoms with E-state index in [1.54, 1.807) is 0 Å². The van der Waals surface area contributed by atoms with Gasteiger partial charge in [0.1, 0.15) is 0 Å². The summed E-state index contributed by atoms with van der Waals surface area (Å²) < 4.78 is 79.1. The summed E-state index contributed by atoms with van der Waals surface area (Å²) in [5.41, 5.74) is -2.57. The molecule has 0 amide bonds. The van der Waals surface area contributed by atoms with E-state index in [1.165, 1.54) is 0 Å². The number of aliphatic hydroxyl groups is 1. The van der Waals surface area contributed by atoms with Gasteiger partial charge in [0.15, 0.2) is 11.5 Å². The minimum Gasteiger partial charge on any atom is -0.454 e. The highest BCUT2D eigenvalue weighted by Gasteiger charge is 2.19. The average Bonchev–Trinajstić information content (AvgIpc) is 2.99. The van der Waals surface area contributed by atoms with Crippen molar-refractivity contribution < 1.29 is 26.9 Å². The highest BCUT2D eigenvalue weighted by molar-refractivity contribution is 5.56. The maximum Gasteiger partial charge on any atom is 0.231 e. The Morgan fingerprint density at radius 2 is 2.24 bits per heavy atom. The van der Waals surface area contributed by atoms with Crippen LogP contribution in [0.15, 0.2) is 24.2 Å². The summed E-state index contributed by atoms with van der Waals surface area (Å²) in [5.74, 6) is -0.0675. The summed E-state index contributed by atoms with van der Waals surface area (Å²) >= 11 is 0. The number of rotatable bonds is 2. The van der Waals surface area contributed by atoms with Gasteiger partial charge in [-0.2, -0.15) is 0 Å². The van der Waals surface area contributed by atoms with Crippen molar-refractivity contribution in [2.75, 3.05) is 6.79 Å². The number of aliphatic hydroxyl groups excluding tert-OH is 1. The Kier molecular flexibility index (Phi) is 1.30. The fraction of sp³-hybridized carbons (Fsp3) is 0.429. The fourth-order valence-electron chi connectivity index (χ4n) is 1.20. The van der Waals surface area contributed by atoms with Gasteiger partial charge in [-0.1, -0.05) is 38.8 Å². The van der Waals surface area contributed by atoms with Crippen molar-refractivity contribution in [2.45, 2.75) is 26.7 Å². The Bertz CT molecular complexity index is 723. The van der Waals surface area contributed by atoms with E-state index in [1.807, 2.05) is 0 Å². The van der Waals surface area contributed by atoms with Gasteiger partial charge in [-0.05, 0) is 23.1 Å². The molecule has 0 saturated carbocycles. The van der Waals surface area contributed by atoms with Gasteiger partial charge in [0.2, 0.25) is 6.79 Å². The smallest absolute Gasteiger partial charge is 0.231 e. The minimum atomic E-state index is -2.99. The first kappa shape index (κ1) is 5.02. The Morgan fingerprint density at radius 1 is 1.47 bits per heavy atom. The maximum absolute atomic E-state index is 10.3. The number of benzene rings is 1. The van der Waals surface area contributed by atoms with Crippen LogP contribution in [-0.2, 0) is 0 Å². The van der Waals surface area contributed by atoms with Crippen LogP contribution in [0.5, 0.6) is 11.5 Å². The van der Waals surface area contributed by atoms with Crippen molar-refractivity contribution >= 4 is 6.08 Å². The van der Waals surface area contributed by atoms with Gasteiger partial charge in [0, 0.05) is 8.22 Å². The van der Waals surface area contributed by atoms with E-state index in [0.717, 1.165) is 19.1 Å². The van der Waals surface area contributed by atoms with E-state index in [4.69, 9.17) is 21.8 Å². The molecule has 3 nitrogen and oxygen atoms in total. The van der Waals surface area contributed by atoms with E-state index < -0.39 is 25.2 Å². The van der Waals surface area contributed by atoms with Crippen molar-refractivity contribution in [3.05, 3.63) is 29.8 Å². The third-order valence-corrected chi connectivity index (χ3v) is 2.21. The molecule has 2 rings (SSSR count). The topological polar surface area (TPSA) is 38.7 Å². The molecule has 1 heterocycles. The quantitative estimate of drug-likeness (QED) is 0.868. The van der Waals surface area contributed by atoms with Crippen molar-refractivity contribution in [3.8, 4) is 11.5 Å². The Morgan fingerprint density at radius 3 is 3.00 bits per heavy atom. The number of hydrogen-bond acceptors (Lipinski definition) is 3. The van der Waals surface area contributed by atoms with Crippen LogP contribution in [0.25, 0.3) is 6.08 Å². The van der Waals surface area contributed by atoms with Crippen LogP contribution in [-0.4, -0.2) is 18.0 Å². The Balaban J connectivity index is 2.49. The minimum absolute atomic E-state index is 0.0328. The molecule has 1 atom stereocenters. The molecular formula is C14H18O3. The second-order valence-electron chi connectivity index (χ2n) is 3.86. The molecule has 1 aliphatic heterocycles. The van der Waals surface area contributed by atoms with Gasteiger partial charge < -0.3 is 14.6 Å². The SMILES string of the molecule is [2H]c1c([2H])c2c(c([2H])c1/C=C/C(O)C(C)(C([2H])([2H])[2H])C([2H])([2H])[2H])OCO2. The largest absolute Gasteiger partial charge is 0.454 e. The zero-order valence-electron chi connectivity index (χ0n) is 18.2. The summed E-state index contributed by atoms with van der Waals surface area (Å²) in [4.78, 5) is 0. The van der Waals surface area contributed by atoms with Crippen molar-refractivity contribution in [3.63, 3.8) is 0 Å². The molecule has 92 valence electrons. The highest BCUT2D eigenvalue weighted by atomic mass is 16.7. The second-order valence-corrected chi connectivity index (χ2v) is 3.86. The van der Waals surface area contributed by atoms with E-state index in [2.05, 4.69) is 0 Å². The molecule has 1 aromatic rings. The van der Waals surface area contributed by atoms with Crippen LogP contribution in [0.2, 0.25) is 0 Å². The molecule has 1 unspecified atom stereocenters. The van der Waals surface area contributed by atoms with Crippen LogP contribution < -0.4 is 9.47 Å². The lowest BCUT2D eigenvalue weighted by Crippen LogP contribution is -2.23. The van der Waals surface area contributed by atoms with Crippen LogP contribution in [0.1, 0.15) is 38.5 Å². The first-order chi connectivity index (χ1) is 11.7. The van der Waals surface area contributed by atoms with Gasteiger partial charge >= 0.3 is 0 Å². The molecule has 1 aromatic carbocycles. The van der Waals surface area contributed by atoms with Gasteiger partial charge in [-0.25, -0.2) is 0 Å². The monoisotopic (exact) mass is 243 g/mol. The number of ether oxygens (including phenoxy) is 2. The van der Waals surface area contributed by atoms with E-state index in [9.17, 15) is 5.11 Å². The number of fused-ring (bicyclic) bond motifs is 1. The van der Waals surface area contributed by atoms with E-state index >= 15 is 0 Å². The molecule has 0 radical (unpaired) electrons. The second kappa shape index (κ2) is 4.41. The van der Waals surface area contributed by atoms with Crippen LogP contribution in [0.4, 0.5) is 0 Å². The summed E-state index contributed by atoms with van der Waals surface area (Å²) in [6.45, 7) is -5.25. The molecule has 0 saturated heterocycles. The first-order valence-electron chi connectivity index (χ1n) is 9.49. The third kappa shape index (κ3) is 2.80. The fourth-order valence-corrected chi connectivity index (χ4v) is 1.20. The van der Waals surface area contributed by atoms with Crippen molar-refractivity contribution in [1.82, 2.24) is 0 Å². The van der Waals surface area contributed by atoms with Crippen LogP contribution in [0.3, 0.4) is 0 Å². The highest BCUT2D eigenvalue weighted by Crippen LogP contribution is 2.33. The normalized spacial score (nSPS) is 25.6. The maximum atomic E-state index is 10.3. The Hall–Kier alpha value is -1.48. The molecule has 0 fully saturated rings. The lowest BCUT2D eigenvalue weighted by atomic mass is 9.89. The van der Waals surface area contributed by atoms with Gasteiger partial charge in [0.05, 0.1) is 10.2 Å². The molecule has 0 bridgehead atoms. The van der Waals surface area contributed by atoms with E-state index in [-0.39, 0.29) is 42.0 Å². The lowest BCUT2D eigenvalue weighted by molar-refractivity contribution is 0.106. The molecule has 3 heteroatoms. The molecular weight excluding hydrogens is 216 g/mol. The van der Waals surface area contributed by atoms with Gasteiger partial charge in [0.25, 0.3) is 0 Å². The zero-order chi connectivity index (χ0) is 20.1. The van der Waals surface area contributed by atoms with Gasteiger partial charge in [-0.3, -0.25) is 0 Å². The molecule has 0 spiro atoms. The average molecular weight is 243 g/mol. The summed E-state index contributed by atoms with van der Waals surface area (Å²) in [7, 11) is 0. The zero-order valence-corrected chi connectivity index (χ0v) is 9.20. The van der Waals surface area contributed by atoms with Crippen molar-refractivity contribution in [1.29, 1.82) is 0 Å². The molecule has 0 aromatic heterocycles. The Labute approximate surface area is 114 Å². The summed E-state index contributed by atoms with van der Waals surface area (Å²) in [6, 6.07) is -0.976. The molecule has 0 aliphatic carbocycles. The predicted octanol–water partition coefficient (Wildman–Crippen LogP) is 2.84. The van der Waals surface area contributed by atoms with Gasteiger partial charge in [-0.15, -0.1) is 0 Å². The predicted molar refractivity (Wildman–Crippen MR) is 67.1 cm³/mol. The summed E-state index contributed by atoms with van der Waals surface area (Å²) in [5, 5.41) is 10.3. The van der Waals surface area contributed by atoms with Crippen molar-refractivity contribution in [2.24, 2.45) is 5.41 Å². The standard InChI is InChI=1S/C14H18O3/c1-14(2,3)13(15)7-5-10-4-6-11-12(8-10)17-9-16-11/h4-8,13,15H,9H2,1-3H3/b7-5+/i1D3,2D3,4D,6D,8D. The number of hydrogen-bond donors (Lipinski definition) is 1. The molecule has 1 N–H and O–H groups in total.